The van der Waals surface area contributed by atoms with E-state index in [1.807, 2.05) is 48.6 Å². The minimum atomic E-state index is -0.0308. The van der Waals surface area contributed by atoms with E-state index in [2.05, 4.69) is 13.0 Å². The average molecular weight is 246 g/mol. The zero-order chi connectivity index (χ0) is 13.1. The lowest BCUT2D eigenvalue weighted by Gasteiger charge is -2.12. The van der Waals surface area contributed by atoms with Crippen LogP contribution in [0.1, 0.15) is 25.3 Å². The first-order chi connectivity index (χ1) is 8.86. The number of allylic oxidation sites excluding steroid dienone is 3. The van der Waals surface area contributed by atoms with Gasteiger partial charge in [0.15, 0.2) is 0 Å². The molecule has 0 fully saturated rings. The highest BCUT2D eigenvalue weighted by molar-refractivity contribution is 5.13. The fourth-order valence-electron chi connectivity index (χ4n) is 1.54. The van der Waals surface area contributed by atoms with Gasteiger partial charge in [-0.1, -0.05) is 61.6 Å². The molecule has 0 aliphatic carbocycles. The maximum absolute atomic E-state index is 9.00. The zero-order valence-corrected chi connectivity index (χ0v) is 11.0. The van der Waals surface area contributed by atoms with Crippen LogP contribution in [0.15, 0.2) is 54.6 Å². The topological polar surface area (TPSA) is 29.5 Å². The maximum Gasteiger partial charge on any atom is 0.0785 e. The van der Waals surface area contributed by atoms with Gasteiger partial charge in [-0.05, 0) is 12.0 Å². The summed E-state index contributed by atoms with van der Waals surface area (Å²) in [6, 6.07) is 10.1. The van der Waals surface area contributed by atoms with Crippen molar-refractivity contribution in [3.05, 3.63) is 60.2 Å². The third kappa shape index (κ3) is 6.38. The summed E-state index contributed by atoms with van der Waals surface area (Å²) in [5, 5.41) is 9.00. The van der Waals surface area contributed by atoms with E-state index in [1.54, 1.807) is 0 Å². The summed E-state index contributed by atoms with van der Waals surface area (Å²) >= 11 is 0. The Kier molecular flexibility index (Phi) is 7.85. The van der Waals surface area contributed by atoms with Crippen LogP contribution in [0.4, 0.5) is 0 Å². The Hall–Kier alpha value is -1.38. The van der Waals surface area contributed by atoms with E-state index in [9.17, 15) is 0 Å². The lowest BCUT2D eigenvalue weighted by molar-refractivity contribution is 0.0544. The van der Waals surface area contributed by atoms with E-state index >= 15 is 0 Å². The summed E-state index contributed by atoms with van der Waals surface area (Å²) in [5.74, 6) is 0. The third-order valence-corrected chi connectivity index (χ3v) is 2.53. The summed E-state index contributed by atoms with van der Waals surface area (Å²) in [7, 11) is 0. The van der Waals surface area contributed by atoms with Crippen molar-refractivity contribution < 1.29 is 9.84 Å². The quantitative estimate of drug-likeness (QED) is 0.712. The molecule has 18 heavy (non-hydrogen) atoms. The summed E-state index contributed by atoms with van der Waals surface area (Å²) in [6.45, 7) is 2.82. The number of aliphatic hydroxyl groups is 1. The first-order valence-electron chi connectivity index (χ1n) is 6.46. The van der Waals surface area contributed by atoms with Crippen LogP contribution in [-0.4, -0.2) is 17.8 Å². The molecule has 0 saturated heterocycles. The van der Waals surface area contributed by atoms with Crippen molar-refractivity contribution in [1.82, 2.24) is 0 Å². The Labute approximate surface area is 110 Å². The van der Waals surface area contributed by atoms with Crippen molar-refractivity contribution in [3.63, 3.8) is 0 Å². The molecule has 1 rings (SSSR count). The van der Waals surface area contributed by atoms with Gasteiger partial charge < -0.3 is 9.84 Å². The van der Waals surface area contributed by atoms with Gasteiger partial charge in [-0.2, -0.15) is 0 Å². The fourth-order valence-corrected chi connectivity index (χ4v) is 1.54. The number of hydrogen-bond acceptors (Lipinski definition) is 2. The highest BCUT2D eigenvalue weighted by Crippen LogP contribution is 2.07. The highest BCUT2D eigenvalue weighted by atomic mass is 16.5. The Bertz CT molecular complexity index is 355. The number of rotatable bonds is 8. The molecule has 0 bridgehead atoms. The van der Waals surface area contributed by atoms with E-state index in [1.165, 1.54) is 0 Å². The van der Waals surface area contributed by atoms with E-state index in [0.717, 1.165) is 12.0 Å². The van der Waals surface area contributed by atoms with Crippen LogP contribution in [0.2, 0.25) is 0 Å². The van der Waals surface area contributed by atoms with Gasteiger partial charge in [0.25, 0.3) is 0 Å². The van der Waals surface area contributed by atoms with E-state index < -0.39 is 0 Å². The largest absolute Gasteiger partial charge is 0.396 e. The van der Waals surface area contributed by atoms with Gasteiger partial charge >= 0.3 is 0 Å². The monoisotopic (exact) mass is 246 g/mol. The van der Waals surface area contributed by atoms with Gasteiger partial charge in [0.1, 0.15) is 0 Å². The molecular formula is C16H22O2. The molecule has 1 atom stereocenters. The van der Waals surface area contributed by atoms with Crippen LogP contribution in [-0.2, 0) is 11.3 Å². The molecule has 98 valence electrons. The second-order valence-corrected chi connectivity index (χ2v) is 4.07. The summed E-state index contributed by atoms with van der Waals surface area (Å²) in [6.07, 6.45) is 9.69. The van der Waals surface area contributed by atoms with Crippen molar-refractivity contribution in [3.8, 4) is 0 Å². The first-order valence-corrected chi connectivity index (χ1v) is 6.46. The highest BCUT2D eigenvalue weighted by Gasteiger charge is 2.03. The van der Waals surface area contributed by atoms with Crippen molar-refractivity contribution in [1.29, 1.82) is 0 Å². The number of benzene rings is 1. The van der Waals surface area contributed by atoms with Crippen molar-refractivity contribution in [2.45, 2.75) is 32.5 Å². The molecule has 0 amide bonds. The Balaban J connectivity index is 2.42. The predicted molar refractivity (Wildman–Crippen MR) is 75.3 cm³/mol. The SMILES string of the molecule is CC/C=C/C=C/[C@H](CCO)OCc1ccccc1. The molecule has 0 radical (unpaired) electrons. The van der Waals surface area contributed by atoms with Gasteiger partial charge in [0.2, 0.25) is 0 Å². The molecule has 0 aromatic heterocycles. The van der Waals surface area contributed by atoms with Crippen molar-refractivity contribution >= 4 is 0 Å². The third-order valence-electron chi connectivity index (χ3n) is 2.53. The molecule has 1 N–H and O–H groups in total. The normalized spacial score (nSPS) is 13.4. The number of ether oxygens (including phenoxy) is 1. The van der Waals surface area contributed by atoms with Gasteiger partial charge in [0, 0.05) is 13.0 Å². The predicted octanol–water partition coefficient (Wildman–Crippen LogP) is 3.48. The number of aliphatic hydroxyl groups excluding tert-OH is 1. The van der Waals surface area contributed by atoms with Crippen LogP contribution < -0.4 is 0 Å². The van der Waals surface area contributed by atoms with Gasteiger partial charge in [-0.15, -0.1) is 0 Å². The van der Waals surface area contributed by atoms with E-state index in [4.69, 9.17) is 9.84 Å². The maximum atomic E-state index is 9.00. The van der Waals surface area contributed by atoms with Gasteiger partial charge in [-0.25, -0.2) is 0 Å². The Morgan fingerprint density at radius 3 is 2.67 bits per heavy atom. The molecule has 0 spiro atoms. The molecular weight excluding hydrogens is 224 g/mol. The van der Waals surface area contributed by atoms with E-state index in [-0.39, 0.29) is 12.7 Å². The van der Waals surface area contributed by atoms with Gasteiger partial charge in [0.05, 0.1) is 12.7 Å². The summed E-state index contributed by atoms with van der Waals surface area (Å²) < 4.78 is 5.77. The summed E-state index contributed by atoms with van der Waals surface area (Å²) in [5.41, 5.74) is 1.15. The molecule has 1 aromatic carbocycles. The van der Waals surface area contributed by atoms with E-state index in [0.29, 0.717) is 13.0 Å². The summed E-state index contributed by atoms with van der Waals surface area (Å²) in [4.78, 5) is 0. The van der Waals surface area contributed by atoms with Crippen LogP contribution in [0, 0.1) is 0 Å². The van der Waals surface area contributed by atoms with Gasteiger partial charge in [-0.3, -0.25) is 0 Å². The molecule has 2 nitrogen and oxygen atoms in total. The minimum Gasteiger partial charge on any atom is -0.396 e. The molecule has 0 aliphatic rings. The second kappa shape index (κ2) is 9.63. The number of hydrogen-bond donors (Lipinski definition) is 1. The standard InChI is InChI=1S/C16H22O2/c1-2-3-4-8-11-16(12-13-17)18-14-15-9-6-5-7-10-15/h3-11,16-17H,2,12-14H2,1H3/b4-3+,11-8+/t16-/m1/s1. The van der Waals surface area contributed by atoms with Crippen LogP contribution in [0.5, 0.6) is 0 Å². The Morgan fingerprint density at radius 2 is 2.00 bits per heavy atom. The molecule has 0 saturated carbocycles. The van der Waals surface area contributed by atoms with Crippen LogP contribution in [0.25, 0.3) is 0 Å². The molecule has 0 unspecified atom stereocenters. The molecule has 0 heterocycles. The van der Waals surface area contributed by atoms with Crippen LogP contribution >= 0.6 is 0 Å². The second-order valence-electron chi connectivity index (χ2n) is 4.07. The fraction of sp³-hybridized carbons (Fsp3) is 0.375. The van der Waals surface area contributed by atoms with Crippen molar-refractivity contribution in [2.75, 3.05) is 6.61 Å². The van der Waals surface area contributed by atoms with Crippen LogP contribution in [0.3, 0.4) is 0 Å². The molecule has 0 aliphatic heterocycles. The zero-order valence-electron chi connectivity index (χ0n) is 11.0. The lowest BCUT2D eigenvalue weighted by Crippen LogP contribution is -2.11. The smallest absolute Gasteiger partial charge is 0.0785 e. The molecule has 1 aromatic rings. The Morgan fingerprint density at radius 1 is 1.22 bits per heavy atom. The lowest BCUT2D eigenvalue weighted by atomic mass is 10.2. The van der Waals surface area contributed by atoms with Crippen molar-refractivity contribution in [2.24, 2.45) is 0 Å². The average Bonchev–Trinajstić information content (AvgIpc) is 2.42. The minimum absolute atomic E-state index is 0.0308. The first kappa shape index (κ1) is 14.7. The molecule has 2 heteroatoms.